The molecule has 37 heavy (non-hydrogen) atoms. The molecule has 188 valence electrons. The number of esters is 1. The highest BCUT2D eigenvalue weighted by molar-refractivity contribution is 9.10. The number of halogens is 2. The van der Waals surface area contributed by atoms with Crippen molar-refractivity contribution in [3.63, 3.8) is 0 Å². The van der Waals surface area contributed by atoms with Gasteiger partial charge in [0.25, 0.3) is 11.6 Å². The minimum atomic E-state index is -1.31. The minimum Gasteiger partial charge on any atom is -0.443 e. The van der Waals surface area contributed by atoms with E-state index in [4.69, 9.17) is 16.3 Å². The fourth-order valence-corrected chi connectivity index (χ4v) is 5.50. The summed E-state index contributed by atoms with van der Waals surface area (Å²) in [6, 6.07) is 18.0. The molecule has 0 aliphatic heterocycles. The molecule has 0 saturated heterocycles. The molecule has 1 amide bonds. The molecule has 4 rings (SSSR count). The number of aromatic nitrogens is 1. The van der Waals surface area contributed by atoms with E-state index in [9.17, 15) is 19.7 Å². The van der Waals surface area contributed by atoms with Crippen LogP contribution >= 0.6 is 38.9 Å². The number of hydrogen-bond donors (Lipinski definition) is 1. The summed E-state index contributed by atoms with van der Waals surface area (Å²) in [6.45, 7) is 3.68. The van der Waals surface area contributed by atoms with Crippen LogP contribution in [-0.4, -0.2) is 21.8 Å². The lowest BCUT2D eigenvalue weighted by Gasteiger charge is -2.18. The Hall–Kier alpha value is -3.60. The Kier molecular flexibility index (Phi) is 8.01. The van der Waals surface area contributed by atoms with Crippen LogP contribution in [0.5, 0.6) is 0 Å². The Labute approximate surface area is 229 Å². The van der Waals surface area contributed by atoms with Crippen molar-refractivity contribution in [1.82, 2.24) is 4.98 Å². The lowest BCUT2D eigenvalue weighted by atomic mass is 10.1. The number of rotatable bonds is 7. The van der Waals surface area contributed by atoms with Crippen LogP contribution in [0.3, 0.4) is 0 Å². The monoisotopic (exact) mass is 599 g/mol. The number of amides is 1. The second kappa shape index (κ2) is 11.2. The van der Waals surface area contributed by atoms with Crippen molar-refractivity contribution in [2.45, 2.75) is 20.0 Å². The Morgan fingerprint density at radius 1 is 1.11 bits per heavy atom. The number of non-ortho nitro benzene ring substituents is 1. The summed E-state index contributed by atoms with van der Waals surface area (Å²) < 4.78 is 6.54. The van der Waals surface area contributed by atoms with Crippen LogP contribution in [0.4, 0.5) is 11.4 Å². The number of nitrogens with zero attached hydrogens (tertiary/aromatic N) is 2. The third-order valence-corrected chi connectivity index (χ3v) is 7.46. The average molecular weight is 601 g/mol. The first-order valence-corrected chi connectivity index (χ1v) is 12.9. The molecule has 8 nitrogen and oxygen atoms in total. The van der Waals surface area contributed by atoms with E-state index in [2.05, 4.69) is 26.2 Å². The maximum Gasteiger partial charge on any atom is 0.351 e. The fraction of sp³-hybridized carbons (Fsp3) is 0.115. The molecule has 0 aliphatic rings. The number of benzene rings is 3. The number of carbonyl (C=O) groups is 2. The standard InChI is InChI=1S/C26H19BrClN3O5S/c1-14-8-10-18(19(27)12-14)25-29-15(2)23(37-25)26(33)36-22(16-6-4-3-5-7-16)24(32)30-21-11-9-17(31(34)35)13-20(21)28/h3-13,22H,1-2H3,(H,30,32). The summed E-state index contributed by atoms with van der Waals surface area (Å²) in [6.07, 6.45) is -1.31. The molecule has 1 heterocycles. The molecule has 1 unspecified atom stereocenters. The number of nitro groups is 1. The van der Waals surface area contributed by atoms with Gasteiger partial charge in [0.15, 0.2) is 0 Å². The summed E-state index contributed by atoms with van der Waals surface area (Å²) in [5, 5.41) is 14.2. The van der Waals surface area contributed by atoms with Gasteiger partial charge in [0.05, 0.1) is 21.3 Å². The van der Waals surface area contributed by atoms with Crippen molar-refractivity contribution in [3.05, 3.63) is 108 Å². The van der Waals surface area contributed by atoms with Crippen LogP contribution in [-0.2, 0) is 9.53 Å². The van der Waals surface area contributed by atoms with Gasteiger partial charge in [-0.3, -0.25) is 14.9 Å². The van der Waals surface area contributed by atoms with E-state index >= 15 is 0 Å². The van der Waals surface area contributed by atoms with Crippen LogP contribution in [0.25, 0.3) is 10.6 Å². The second-order valence-electron chi connectivity index (χ2n) is 8.02. The largest absolute Gasteiger partial charge is 0.443 e. The molecule has 0 fully saturated rings. The number of carbonyl (C=O) groups excluding carboxylic acids is 2. The predicted molar refractivity (Wildman–Crippen MR) is 146 cm³/mol. The van der Waals surface area contributed by atoms with E-state index in [-0.39, 0.29) is 21.3 Å². The first kappa shape index (κ1) is 26.5. The van der Waals surface area contributed by atoms with Crippen LogP contribution in [0.1, 0.15) is 32.6 Å². The Bertz CT molecular complexity index is 1510. The molecule has 1 aromatic heterocycles. The van der Waals surface area contributed by atoms with E-state index in [1.807, 2.05) is 25.1 Å². The van der Waals surface area contributed by atoms with Crippen molar-refractivity contribution in [2.24, 2.45) is 0 Å². The Balaban J connectivity index is 1.61. The van der Waals surface area contributed by atoms with Gasteiger partial charge in [-0.25, -0.2) is 9.78 Å². The molecule has 0 saturated carbocycles. The SMILES string of the molecule is Cc1ccc(-c2nc(C)c(C(=O)OC(C(=O)Nc3ccc([N+](=O)[O-])cc3Cl)c3ccccc3)s2)c(Br)c1. The van der Waals surface area contributed by atoms with Crippen LogP contribution in [0.2, 0.25) is 5.02 Å². The molecule has 11 heteroatoms. The highest BCUT2D eigenvalue weighted by atomic mass is 79.9. The van der Waals surface area contributed by atoms with Gasteiger partial charge >= 0.3 is 5.97 Å². The molecular formula is C26H19BrClN3O5S. The van der Waals surface area contributed by atoms with E-state index < -0.39 is 22.9 Å². The number of anilines is 1. The lowest BCUT2D eigenvalue weighted by molar-refractivity contribution is -0.384. The molecule has 1 atom stereocenters. The van der Waals surface area contributed by atoms with Crippen LogP contribution < -0.4 is 5.32 Å². The number of hydrogen-bond acceptors (Lipinski definition) is 7. The van der Waals surface area contributed by atoms with Gasteiger partial charge in [-0.2, -0.15) is 0 Å². The summed E-state index contributed by atoms with van der Waals surface area (Å²) in [5.74, 6) is -1.37. The average Bonchev–Trinajstić information content (AvgIpc) is 3.25. The maximum absolute atomic E-state index is 13.2. The van der Waals surface area contributed by atoms with Gasteiger partial charge in [0, 0.05) is 27.7 Å². The Morgan fingerprint density at radius 2 is 1.84 bits per heavy atom. The highest BCUT2D eigenvalue weighted by Crippen LogP contribution is 2.35. The molecule has 0 radical (unpaired) electrons. The summed E-state index contributed by atoms with van der Waals surface area (Å²) >= 11 is 10.8. The Morgan fingerprint density at radius 3 is 2.49 bits per heavy atom. The van der Waals surface area contributed by atoms with E-state index in [0.29, 0.717) is 16.3 Å². The summed E-state index contributed by atoms with van der Waals surface area (Å²) in [7, 11) is 0. The molecule has 0 bridgehead atoms. The van der Waals surface area contributed by atoms with Gasteiger partial charge < -0.3 is 10.1 Å². The van der Waals surface area contributed by atoms with Crippen molar-refractivity contribution < 1.29 is 19.2 Å². The molecule has 1 N–H and O–H groups in total. The van der Waals surface area contributed by atoms with Gasteiger partial charge in [0.1, 0.15) is 9.88 Å². The second-order valence-corrected chi connectivity index (χ2v) is 10.3. The first-order valence-electron chi connectivity index (χ1n) is 10.9. The lowest BCUT2D eigenvalue weighted by Crippen LogP contribution is -2.26. The van der Waals surface area contributed by atoms with E-state index in [1.165, 1.54) is 23.5 Å². The first-order chi connectivity index (χ1) is 17.6. The van der Waals surface area contributed by atoms with E-state index in [0.717, 1.165) is 21.7 Å². The zero-order chi connectivity index (χ0) is 26.7. The smallest absolute Gasteiger partial charge is 0.351 e. The van der Waals surface area contributed by atoms with Crippen molar-refractivity contribution in [3.8, 4) is 10.6 Å². The number of nitrogens with one attached hydrogen (secondary N) is 1. The number of aryl methyl sites for hydroxylation is 2. The quantitative estimate of drug-likeness (QED) is 0.135. The number of nitro benzene ring substituents is 1. The zero-order valence-corrected chi connectivity index (χ0v) is 22.7. The fourth-order valence-electron chi connectivity index (χ4n) is 3.47. The molecule has 3 aromatic carbocycles. The van der Waals surface area contributed by atoms with Crippen molar-refractivity contribution >= 4 is 62.1 Å². The molecule has 0 aliphatic carbocycles. The topological polar surface area (TPSA) is 111 Å². The van der Waals surface area contributed by atoms with Gasteiger partial charge in [-0.1, -0.05) is 70.0 Å². The summed E-state index contributed by atoms with van der Waals surface area (Å²) in [4.78, 5) is 41.7. The summed E-state index contributed by atoms with van der Waals surface area (Å²) in [5.41, 5.74) is 2.76. The van der Waals surface area contributed by atoms with Crippen LogP contribution in [0.15, 0.2) is 71.2 Å². The van der Waals surface area contributed by atoms with Gasteiger partial charge in [0.2, 0.25) is 6.10 Å². The van der Waals surface area contributed by atoms with Gasteiger partial charge in [-0.05, 0) is 31.5 Å². The minimum absolute atomic E-state index is 0.0210. The third kappa shape index (κ3) is 6.04. The molecular weight excluding hydrogens is 582 g/mol. The molecule has 4 aromatic rings. The highest BCUT2D eigenvalue weighted by Gasteiger charge is 2.29. The van der Waals surface area contributed by atoms with Crippen molar-refractivity contribution in [1.29, 1.82) is 0 Å². The van der Waals surface area contributed by atoms with Crippen molar-refractivity contribution in [2.75, 3.05) is 5.32 Å². The number of thiazole rings is 1. The van der Waals surface area contributed by atoms with Gasteiger partial charge in [-0.15, -0.1) is 11.3 Å². The predicted octanol–water partition coefficient (Wildman–Crippen LogP) is 7.29. The van der Waals surface area contributed by atoms with E-state index in [1.54, 1.807) is 37.3 Å². The number of ether oxygens (including phenoxy) is 1. The van der Waals surface area contributed by atoms with Crippen LogP contribution in [0, 0.1) is 24.0 Å². The maximum atomic E-state index is 13.2. The zero-order valence-electron chi connectivity index (χ0n) is 19.5. The third-order valence-electron chi connectivity index (χ3n) is 5.32. The normalized spacial score (nSPS) is 11.6. The molecule has 0 spiro atoms.